The summed E-state index contributed by atoms with van der Waals surface area (Å²) in [6.45, 7) is 2.04. The van der Waals surface area contributed by atoms with Gasteiger partial charge in [0.25, 0.3) is 0 Å². The van der Waals surface area contributed by atoms with Gasteiger partial charge in [0.15, 0.2) is 5.78 Å². The molecule has 1 aromatic carbocycles. The fraction of sp³-hybridized carbons (Fsp3) is 0.357. The van der Waals surface area contributed by atoms with Crippen molar-refractivity contribution in [1.29, 1.82) is 0 Å². The third kappa shape index (κ3) is 1.29. The molecule has 0 saturated carbocycles. The smallest absolute Gasteiger partial charge is 0.162 e. The number of benzene rings is 1. The molecule has 0 amide bonds. The van der Waals surface area contributed by atoms with Crippen LogP contribution >= 0.6 is 0 Å². The number of anilines is 1. The van der Waals surface area contributed by atoms with Gasteiger partial charge in [0.2, 0.25) is 0 Å². The van der Waals surface area contributed by atoms with E-state index in [0.29, 0.717) is 6.04 Å². The molecule has 2 heterocycles. The highest BCUT2D eigenvalue weighted by Gasteiger charge is 2.34. The average molecular weight is 213 g/mol. The number of para-hydroxylation sites is 1. The van der Waals surface area contributed by atoms with Gasteiger partial charge in [-0.25, -0.2) is 0 Å². The Morgan fingerprint density at radius 2 is 2.12 bits per heavy atom. The van der Waals surface area contributed by atoms with Crippen molar-refractivity contribution < 1.29 is 4.79 Å². The molecule has 82 valence electrons. The Kier molecular flexibility index (Phi) is 2.10. The molecule has 0 saturated heterocycles. The first kappa shape index (κ1) is 9.64. The van der Waals surface area contributed by atoms with E-state index in [0.717, 1.165) is 12.8 Å². The largest absolute Gasteiger partial charge is 0.344 e. The van der Waals surface area contributed by atoms with Crippen LogP contribution < -0.4 is 4.90 Å². The van der Waals surface area contributed by atoms with Crippen molar-refractivity contribution in [2.75, 3.05) is 4.90 Å². The first-order valence-corrected chi connectivity index (χ1v) is 5.85. The van der Waals surface area contributed by atoms with Crippen LogP contribution in [0.1, 0.15) is 18.9 Å². The van der Waals surface area contributed by atoms with E-state index in [-0.39, 0.29) is 11.7 Å². The van der Waals surface area contributed by atoms with Gasteiger partial charge in [-0.1, -0.05) is 25.1 Å². The molecule has 0 N–H and O–H groups in total. The molecular formula is C14H15NO. The molecule has 0 aliphatic carbocycles. The van der Waals surface area contributed by atoms with Crippen LogP contribution in [0.5, 0.6) is 0 Å². The van der Waals surface area contributed by atoms with Crippen LogP contribution in [-0.2, 0) is 11.2 Å². The Hall–Kier alpha value is -1.57. The molecule has 2 heteroatoms. The number of aryl methyl sites for hydroxylation is 1. The SMILES string of the molecule is C[C@H]1C(=O)C=CN2c3ccccc3CC[C@H]12. The predicted octanol–water partition coefficient (Wildman–Crippen LogP) is 2.54. The third-order valence-corrected chi connectivity index (χ3v) is 3.76. The van der Waals surface area contributed by atoms with Crippen molar-refractivity contribution in [3.63, 3.8) is 0 Å². The third-order valence-electron chi connectivity index (χ3n) is 3.76. The number of hydrogen-bond donors (Lipinski definition) is 0. The Balaban J connectivity index is 2.08. The van der Waals surface area contributed by atoms with E-state index in [1.165, 1.54) is 11.3 Å². The second kappa shape index (κ2) is 3.48. The van der Waals surface area contributed by atoms with Gasteiger partial charge < -0.3 is 4.90 Å². The van der Waals surface area contributed by atoms with Crippen molar-refractivity contribution in [1.82, 2.24) is 0 Å². The van der Waals surface area contributed by atoms with Gasteiger partial charge in [-0.15, -0.1) is 0 Å². The molecule has 2 aliphatic rings. The summed E-state index contributed by atoms with van der Waals surface area (Å²) in [4.78, 5) is 13.9. The molecule has 16 heavy (non-hydrogen) atoms. The predicted molar refractivity (Wildman–Crippen MR) is 64.3 cm³/mol. The molecule has 2 aliphatic heterocycles. The number of fused-ring (bicyclic) bond motifs is 3. The summed E-state index contributed by atoms with van der Waals surface area (Å²) >= 11 is 0. The van der Waals surface area contributed by atoms with Gasteiger partial charge in [-0.05, 0) is 30.5 Å². The summed E-state index contributed by atoms with van der Waals surface area (Å²) in [5.41, 5.74) is 2.67. The monoisotopic (exact) mass is 213 g/mol. The minimum atomic E-state index is 0.123. The summed E-state index contributed by atoms with van der Waals surface area (Å²) in [6.07, 6.45) is 5.82. The molecule has 0 radical (unpaired) electrons. The maximum absolute atomic E-state index is 11.6. The van der Waals surface area contributed by atoms with E-state index in [2.05, 4.69) is 29.2 Å². The van der Waals surface area contributed by atoms with Crippen LogP contribution in [0, 0.1) is 5.92 Å². The highest BCUT2D eigenvalue weighted by atomic mass is 16.1. The molecule has 0 fully saturated rings. The second-order valence-corrected chi connectivity index (χ2v) is 4.65. The molecule has 0 aromatic heterocycles. The number of hydrogen-bond acceptors (Lipinski definition) is 2. The Bertz CT molecular complexity index is 464. The lowest BCUT2D eigenvalue weighted by Crippen LogP contribution is -2.45. The number of nitrogens with zero attached hydrogens (tertiary/aromatic N) is 1. The highest BCUT2D eigenvalue weighted by Crippen LogP contribution is 2.35. The Labute approximate surface area is 95.6 Å². The van der Waals surface area contributed by atoms with Gasteiger partial charge in [0.1, 0.15) is 0 Å². The van der Waals surface area contributed by atoms with Crippen LogP contribution in [-0.4, -0.2) is 11.8 Å². The molecule has 3 rings (SSSR count). The van der Waals surface area contributed by atoms with E-state index < -0.39 is 0 Å². The van der Waals surface area contributed by atoms with E-state index in [9.17, 15) is 4.79 Å². The Morgan fingerprint density at radius 3 is 3.00 bits per heavy atom. The summed E-state index contributed by atoms with van der Waals surface area (Å²) in [5, 5.41) is 0. The van der Waals surface area contributed by atoms with Crippen molar-refractivity contribution in [2.24, 2.45) is 5.92 Å². The highest BCUT2D eigenvalue weighted by molar-refractivity contribution is 5.94. The number of carbonyl (C=O) groups excluding carboxylic acids is 1. The topological polar surface area (TPSA) is 20.3 Å². The molecule has 1 aromatic rings. The lowest BCUT2D eigenvalue weighted by Gasteiger charge is -2.41. The molecule has 0 bridgehead atoms. The standard InChI is InChI=1S/C14H15NO/c1-10-12-7-6-11-4-2-3-5-13(11)15(12)9-8-14(10)16/h2-5,8-10,12H,6-7H2,1H3/t10-,12-/m1/s1. The van der Waals surface area contributed by atoms with Crippen molar-refractivity contribution in [3.05, 3.63) is 42.1 Å². The fourth-order valence-corrected chi connectivity index (χ4v) is 2.77. The van der Waals surface area contributed by atoms with Crippen LogP contribution in [0.2, 0.25) is 0 Å². The number of carbonyl (C=O) groups is 1. The van der Waals surface area contributed by atoms with E-state index in [4.69, 9.17) is 0 Å². The zero-order chi connectivity index (χ0) is 11.1. The van der Waals surface area contributed by atoms with Crippen LogP contribution in [0.15, 0.2) is 36.5 Å². The summed E-state index contributed by atoms with van der Waals surface area (Å²) in [5.74, 6) is 0.388. The molecule has 2 atom stereocenters. The summed E-state index contributed by atoms with van der Waals surface area (Å²) < 4.78 is 0. The number of allylic oxidation sites excluding steroid dienone is 1. The van der Waals surface area contributed by atoms with Crippen LogP contribution in [0.3, 0.4) is 0 Å². The number of rotatable bonds is 0. The first-order chi connectivity index (χ1) is 7.77. The van der Waals surface area contributed by atoms with Crippen LogP contribution in [0.25, 0.3) is 0 Å². The minimum absolute atomic E-state index is 0.123. The lowest BCUT2D eigenvalue weighted by molar-refractivity contribution is -0.118. The minimum Gasteiger partial charge on any atom is -0.344 e. The molecular weight excluding hydrogens is 198 g/mol. The van der Waals surface area contributed by atoms with Crippen molar-refractivity contribution >= 4 is 11.5 Å². The van der Waals surface area contributed by atoms with E-state index >= 15 is 0 Å². The van der Waals surface area contributed by atoms with E-state index in [1.807, 2.05) is 13.1 Å². The maximum atomic E-state index is 11.6. The van der Waals surface area contributed by atoms with Crippen molar-refractivity contribution in [3.8, 4) is 0 Å². The first-order valence-electron chi connectivity index (χ1n) is 5.85. The molecule has 0 spiro atoms. The van der Waals surface area contributed by atoms with Crippen LogP contribution in [0.4, 0.5) is 5.69 Å². The fourth-order valence-electron chi connectivity index (χ4n) is 2.77. The lowest BCUT2D eigenvalue weighted by atomic mass is 9.84. The average Bonchev–Trinajstić information content (AvgIpc) is 2.33. The second-order valence-electron chi connectivity index (χ2n) is 4.65. The zero-order valence-electron chi connectivity index (χ0n) is 9.39. The van der Waals surface area contributed by atoms with Gasteiger partial charge in [-0.3, -0.25) is 4.79 Å². The van der Waals surface area contributed by atoms with Gasteiger partial charge in [0.05, 0.1) is 0 Å². The van der Waals surface area contributed by atoms with Gasteiger partial charge in [0, 0.05) is 23.8 Å². The summed E-state index contributed by atoms with van der Waals surface area (Å²) in [6, 6.07) is 8.83. The number of ketones is 1. The zero-order valence-corrected chi connectivity index (χ0v) is 9.39. The normalized spacial score (nSPS) is 27.6. The molecule has 2 nitrogen and oxygen atoms in total. The molecule has 0 unspecified atom stereocenters. The quantitative estimate of drug-likeness (QED) is 0.660. The summed E-state index contributed by atoms with van der Waals surface area (Å²) in [7, 11) is 0. The Morgan fingerprint density at radius 1 is 1.31 bits per heavy atom. The van der Waals surface area contributed by atoms with Gasteiger partial charge >= 0.3 is 0 Å². The maximum Gasteiger partial charge on any atom is 0.162 e. The van der Waals surface area contributed by atoms with Gasteiger partial charge in [-0.2, -0.15) is 0 Å². The van der Waals surface area contributed by atoms with E-state index in [1.54, 1.807) is 6.08 Å². The van der Waals surface area contributed by atoms with Crippen molar-refractivity contribution in [2.45, 2.75) is 25.8 Å².